The molecule has 0 saturated carbocycles. The van der Waals surface area contributed by atoms with Gasteiger partial charge in [-0.3, -0.25) is 0 Å². The van der Waals surface area contributed by atoms with Crippen LogP contribution >= 0.6 is 11.8 Å². The zero-order valence-electron chi connectivity index (χ0n) is 9.25. The monoisotopic (exact) mass is 208 g/mol. The molecule has 0 N–H and O–H groups in total. The highest BCUT2D eigenvalue weighted by Crippen LogP contribution is 2.24. The van der Waals surface area contributed by atoms with E-state index in [2.05, 4.69) is 38.1 Å². The molecule has 0 aliphatic heterocycles. The van der Waals surface area contributed by atoms with E-state index in [1.807, 2.05) is 11.8 Å². The van der Waals surface area contributed by atoms with Gasteiger partial charge in [-0.05, 0) is 30.2 Å². The number of thioether (sulfide) groups is 1. The summed E-state index contributed by atoms with van der Waals surface area (Å²) in [6, 6.07) is 8.81. The SMILES string of the molecule is CCCCSc1ccccc1CCC. The van der Waals surface area contributed by atoms with E-state index in [0.29, 0.717) is 0 Å². The first-order chi connectivity index (χ1) is 6.88. The van der Waals surface area contributed by atoms with Crippen LogP contribution in [0, 0.1) is 0 Å². The second-order valence-electron chi connectivity index (χ2n) is 3.56. The van der Waals surface area contributed by atoms with Gasteiger partial charge < -0.3 is 0 Å². The lowest BCUT2D eigenvalue weighted by Crippen LogP contribution is -1.88. The molecule has 1 aromatic carbocycles. The quantitative estimate of drug-likeness (QED) is 0.489. The second kappa shape index (κ2) is 6.94. The number of unbranched alkanes of at least 4 members (excludes halogenated alkanes) is 1. The predicted octanol–water partition coefficient (Wildman–Crippen LogP) is 4.53. The summed E-state index contributed by atoms with van der Waals surface area (Å²) in [6.07, 6.45) is 5.08. The van der Waals surface area contributed by atoms with E-state index >= 15 is 0 Å². The van der Waals surface area contributed by atoms with E-state index < -0.39 is 0 Å². The van der Waals surface area contributed by atoms with Gasteiger partial charge in [-0.25, -0.2) is 0 Å². The van der Waals surface area contributed by atoms with Crippen LogP contribution in [0.15, 0.2) is 29.2 Å². The van der Waals surface area contributed by atoms with E-state index in [1.54, 1.807) is 0 Å². The fraction of sp³-hybridized carbons (Fsp3) is 0.538. The molecule has 0 bridgehead atoms. The highest BCUT2D eigenvalue weighted by atomic mass is 32.2. The van der Waals surface area contributed by atoms with Gasteiger partial charge in [0.05, 0.1) is 0 Å². The van der Waals surface area contributed by atoms with Crippen LogP contribution in [0.25, 0.3) is 0 Å². The first-order valence-corrected chi connectivity index (χ1v) is 6.57. The topological polar surface area (TPSA) is 0 Å². The van der Waals surface area contributed by atoms with Crippen LogP contribution < -0.4 is 0 Å². The minimum absolute atomic E-state index is 1.22. The molecule has 1 rings (SSSR count). The summed E-state index contributed by atoms with van der Waals surface area (Å²) < 4.78 is 0. The van der Waals surface area contributed by atoms with Gasteiger partial charge in [0.15, 0.2) is 0 Å². The fourth-order valence-electron chi connectivity index (χ4n) is 1.45. The van der Waals surface area contributed by atoms with Crippen LogP contribution in [-0.4, -0.2) is 5.75 Å². The Hall–Kier alpha value is -0.430. The number of benzene rings is 1. The third kappa shape index (κ3) is 3.75. The molecule has 0 aromatic heterocycles. The average molecular weight is 208 g/mol. The zero-order chi connectivity index (χ0) is 10.2. The van der Waals surface area contributed by atoms with Gasteiger partial charge >= 0.3 is 0 Å². The minimum atomic E-state index is 1.22. The van der Waals surface area contributed by atoms with E-state index in [-0.39, 0.29) is 0 Å². The molecule has 1 heteroatoms. The van der Waals surface area contributed by atoms with E-state index in [9.17, 15) is 0 Å². The van der Waals surface area contributed by atoms with Gasteiger partial charge in [-0.15, -0.1) is 11.8 Å². The Bertz CT molecular complexity index is 255. The van der Waals surface area contributed by atoms with Gasteiger partial charge in [-0.1, -0.05) is 44.9 Å². The standard InChI is InChI=1S/C13H20S/c1-3-5-11-14-13-10-7-6-9-12(13)8-4-2/h6-7,9-10H,3-5,8,11H2,1-2H3. The van der Waals surface area contributed by atoms with Crippen molar-refractivity contribution in [1.82, 2.24) is 0 Å². The van der Waals surface area contributed by atoms with Crippen molar-refractivity contribution in [1.29, 1.82) is 0 Å². The summed E-state index contributed by atoms with van der Waals surface area (Å²) in [6.45, 7) is 4.49. The first-order valence-electron chi connectivity index (χ1n) is 5.59. The lowest BCUT2D eigenvalue weighted by Gasteiger charge is -2.07. The third-order valence-electron chi connectivity index (χ3n) is 2.25. The van der Waals surface area contributed by atoms with Crippen molar-refractivity contribution in [3.05, 3.63) is 29.8 Å². The summed E-state index contributed by atoms with van der Waals surface area (Å²) in [7, 11) is 0. The molecule has 0 fully saturated rings. The molecule has 0 saturated heterocycles. The van der Waals surface area contributed by atoms with Crippen LogP contribution in [0.3, 0.4) is 0 Å². The minimum Gasteiger partial charge on any atom is -0.126 e. The highest BCUT2D eigenvalue weighted by molar-refractivity contribution is 7.99. The number of rotatable bonds is 6. The molecule has 14 heavy (non-hydrogen) atoms. The molecule has 0 amide bonds. The van der Waals surface area contributed by atoms with Gasteiger partial charge in [-0.2, -0.15) is 0 Å². The van der Waals surface area contributed by atoms with Gasteiger partial charge in [0.2, 0.25) is 0 Å². The lowest BCUT2D eigenvalue weighted by molar-refractivity contribution is 0.888. The largest absolute Gasteiger partial charge is 0.126 e. The van der Waals surface area contributed by atoms with Gasteiger partial charge in [0.25, 0.3) is 0 Å². The summed E-state index contributed by atoms with van der Waals surface area (Å²) in [5.41, 5.74) is 1.52. The maximum Gasteiger partial charge on any atom is 0.0104 e. The Kier molecular flexibility index (Phi) is 5.77. The normalized spacial score (nSPS) is 10.4. The van der Waals surface area contributed by atoms with Gasteiger partial charge in [0, 0.05) is 4.90 Å². The molecule has 1 aromatic rings. The molecular weight excluding hydrogens is 188 g/mol. The predicted molar refractivity (Wildman–Crippen MR) is 66.1 cm³/mol. The molecule has 78 valence electrons. The van der Waals surface area contributed by atoms with Gasteiger partial charge in [0.1, 0.15) is 0 Å². The van der Waals surface area contributed by atoms with Crippen LogP contribution in [-0.2, 0) is 6.42 Å². The second-order valence-corrected chi connectivity index (χ2v) is 4.70. The third-order valence-corrected chi connectivity index (χ3v) is 3.45. The summed E-state index contributed by atoms with van der Waals surface area (Å²) >= 11 is 2.01. The molecule has 0 atom stereocenters. The van der Waals surface area contributed by atoms with E-state index in [0.717, 1.165) is 0 Å². The molecular formula is C13H20S. The van der Waals surface area contributed by atoms with Crippen LogP contribution in [0.1, 0.15) is 38.7 Å². The molecule has 0 aliphatic carbocycles. The Balaban J connectivity index is 2.55. The molecule has 0 spiro atoms. The smallest absolute Gasteiger partial charge is 0.0104 e. The van der Waals surface area contributed by atoms with Crippen LogP contribution in [0.5, 0.6) is 0 Å². The highest BCUT2D eigenvalue weighted by Gasteiger charge is 2.00. The Morgan fingerprint density at radius 2 is 1.86 bits per heavy atom. The number of hydrogen-bond acceptors (Lipinski definition) is 1. The van der Waals surface area contributed by atoms with Crippen molar-refractivity contribution in [2.45, 2.75) is 44.4 Å². The molecule has 0 nitrogen and oxygen atoms in total. The van der Waals surface area contributed by atoms with Crippen molar-refractivity contribution in [3.8, 4) is 0 Å². The molecule has 0 heterocycles. The van der Waals surface area contributed by atoms with Crippen LogP contribution in [0.4, 0.5) is 0 Å². The number of hydrogen-bond donors (Lipinski definition) is 0. The van der Waals surface area contributed by atoms with Crippen molar-refractivity contribution in [2.24, 2.45) is 0 Å². The van der Waals surface area contributed by atoms with Crippen molar-refractivity contribution >= 4 is 11.8 Å². The maximum absolute atomic E-state index is 2.26. The van der Waals surface area contributed by atoms with Crippen molar-refractivity contribution in [2.75, 3.05) is 5.75 Å². The van der Waals surface area contributed by atoms with E-state index in [1.165, 1.54) is 41.9 Å². The lowest BCUT2D eigenvalue weighted by atomic mass is 10.1. The Morgan fingerprint density at radius 1 is 1.07 bits per heavy atom. The fourth-order valence-corrected chi connectivity index (χ4v) is 2.63. The summed E-state index contributed by atoms with van der Waals surface area (Å²) in [5, 5.41) is 0. The van der Waals surface area contributed by atoms with Crippen molar-refractivity contribution in [3.63, 3.8) is 0 Å². The molecule has 0 radical (unpaired) electrons. The average Bonchev–Trinajstić information content (AvgIpc) is 2.21. The summed E-state index contributed by atoms with van der Waals surface area (Å²) in [5.74, 6) is 1.26. The Labute approximate surface area is 92.1 Å². The first kappa shape index (κ1) is 11.6. The maximum atomic E-state index is 2.26. The summed E-state index contributed by atoms with van der Waals surface area (Å²) in [4.78, 5) is 1.49. The van der Waals surface area contributed by atoms with E-state index in [4.69, 9.17) is 0 Å². The molecule has 0 aliphatic rings. The van der Waals surface area contributed by atoms with Crippen LogP contribution in [0.2, 0.25) is 0 Å². The molecule has 0 unspecified atom stereocenters. The van der Waals surface area contributed by atoms with Crippen molar-refractivity contribution < 1.29 is 0 Å². The number of aryl methyl sites for hydroxylation is 1. The Morgan fingerprint density at radius 3 is 2.57 bits per heavy atom. The zero-order valence-corrected chi connectivity index (χ0v) is 10.1.